The van der Waals surface area contributed by atoms with Gasteiger partial charge in [0.2, 0.25) is 5.91 Å². The van der Waals surface area contributed by atoms with Crippen LogP contribution in [0.4, 0.5) is 4.79 Å². The molecule has 2 amide bonds. The second-order valence-electron chi connectivity index (χ2n) is 9.48. The van der Waals surface area contributed by atoms with Gasteiger partial charge in [-0.05, 0) is 47.9 Å². The highest BCUT2D eigenvalue weighted by atomic mass is 16.5. The first kappa shape index (κ1) is 24.7. The Morgan fingerprint density at radius 2 is 1.66 bits per heavy atom. The number of aliphatic carboxylic acids is 1. The van der Waals surface area contributed by atoms with E-state index in [0.29, 0.717) is 12.8 Å². The number of alkyl carbamates (subject to hydrolysis) is 1. The Morgan fingerprint density at radius 1 is 1.06 bits per heavy atom. The second-order valence-corrected chi connectivity index (χ2v) is 9.48. The average Bonchev–Trinajstić information content (AvgIpc) is 3.14. The zero-order valence-electron chi connectivity index (χ0n) is 20.1. The minimum atomic E-state index is -1.38. The number of carbonyl (C=O) groups excluding carboxylic acids is 2. The summed E-state index contributed by atoms with van der Waals surface area (Å²) in [5.41, 5.74) is 2.28. The molecule has 2 aliphatic rings. The van der Waals surface area contributed by atoms with Crippen molar-refractivity contribution in [1.82, 2.24) is 10.6 Å². The summed E-state index contributed by atoms with van der Waals surface area (Å²) in [6.45, 7) is 1.83. The van der Waals surface area contributed by atoms with Gasteiger partial charge in [-0.25, -0.2) is 4.79 Å². The first-order valence-corrected chi connectivity index (χ1v) is 12.0. The molecule has 35 heavy (non-hydrogen) atoms. The van der Waals surface area contributed by atoms with Crippen LogP contribution in [0.5, 0.6) is 0 Å². The fourth-order valence-electron chi connectivity index (χ4n) is 5.19. The van der Waals surface area contributed by atoms with Crippen LogP contribution in [0.3, 0.4) is 0 Å². The van der Waals surface area contributed by atoms with Crippen LogP contribution in [0.1, 0.15) is 56.1 Å². The van der Waals surface area contributed by atoms with Crippen molar-refractivity contribution < 1.29 is 29.0 Å². The third-order valence-corrected chi connectivity index (χ3v) is 7.29. The maximum absolute atomic E-state index is 13.3. The Balaban J connectivity index is 1.47. The van der Waals surface area contributed by atoms with E-state index >= 15 is 0 Å². The number of carbonyl (C=O) groups is 3. The van der Waals surface area contributed by atoms with Crippen LogP contribution in [0.2, 0.25) is 0 Å². The topological polar surface area (TPSA) is 114 Å². The number of ether oxygens (including phenoxy) is 2. The number of hydrogen-bond acceptors (Lipinski definition) is 5. The van der Waals surface area contributed by atoms with Gasteiger partial charge in [0.1, 0.15) is 12.1 Å². The molecule has 0 saturated heterocycles. The average molecular weight is 481 g/mol. The maximum Gasteiger partial charge on any atom is 0.408 e. The lowest BCUT2D eigenvalue weighted by Crippen LogP contribution is -2.66. The lowest BCUT2D eigenvalue weighted by molar-refractivity contribution is -0.141. The minimum Gasteiger partial charge on any atom is -0.481 e. The summed E-state index contributed by atoms with van der Waals surface area (Å²) in [7, 11) is 1.45. The minimum absolute atomic E-state index is 0.0668. The normalized spacial score (nSPS) is 17.3. The second kappa shape index (κ2) is 10.1. The number of amides is 2. The van der Waals surface area contributed by atoms with Crippen molar-refractivity contribution in [2.75, 3.05) is 20.3 Å². The number of rotatable bonds is 10. The van der Waals surface area contributed by atoms with Gasteiger partial charge in [0, 0.05) is 13.0 Å². The number of fused-ring (bicyclic) bond motifs is 3. The van der Waals surface area contributed by atoms with Crippen molar-refractivity contribution in [2.45, 2.75) is 56.0 Å². The van der Waals surface area contributed by atoms with E-state index in [0.717, 1.165) is 28.7 Å². The van der Waals surface area contributed by atoms with E-state index in [2.05, 4.69) is 22.8 Å². The molecule has 2 aliphatic carbocycles. The van der Waals surface area contributed by atoms with E-state index < -0.39 is 29.0 Å². The lowest BCUT2D eigenvalue weighted by atomic mass is 9.73. The molecule has 8 heteroatoms. The Hall–Kier alpha value is -3.39. The molecule has 0 aromatic heterocycles. The molecular weight excluding hydrogens is 448 g/mol. The van der Waals surface area contributed by atoms with Crippen LogP contribution < -0.4 is 10.6 Å². The summed E-state index contributed by atoms with van der Waals surface area (Å²) in [5.74, 6) is -1.53. The molecule has 8 nitrogen and oxygen atoms in total. The van der Waals surface area contributed by atoms with Crippen molar-refractivity contribution in [3.8, 4) is 11.1 Å². The van der Waals surface area contributed by atoms with Gasteiger partial charge in [-0.3, -0.25) is 9.59 Å². The molecule has 1 fully saturated rings. The lowest BCUT2D eigenvalue weighted by Gasteiger charge is -2.44. The molecule has 1 saturated carbocycles. The molecule has 0 radical (unpaired) electrons. The highest BCUT2D eigenvalue weighted by Crippen LogP contribution is 2.44. The quantitative estimate of drug-likeness (QED) is 0.476. The van der Waals surface area contributed by atoms with Gasteiger partial charge in [-0.1, -0.05) is 55.5 Å². The third-order valence-electron chi connectivity index (χ3n) is 7.29. The van der Waals surface area contributed by atoms with E-state index in [-0.39, 0.29) is 32.0 Å². The van der Waals surface area contributed by atoms with E-state index in [1.165, 1.54) is 7.11 Å². The number of carboxylic acid groups (broad SMARTS) is 1. The highest BCUT2D eigenvalue weighted by molar-refractivity contribution is 5.91. The van der Waals surface area contributed by atoms with Gasteiger partial charge in [0.15, 0.2) is 0 Å². The predicted molar refractivity (Wildman–Crippen MR) is 130 cm³/mol. The molecule has 0 aliphatic heterocycles. The smallest absolute Gasteiger partial charge is 0.408 e. The van der Waals surface area contributed by atoms with Gasteiger partial charge >= 0.3 is 12.1 Å². The van der Waals surface area contributed by atoms with Crippen LogP contribution >= 0.6 is 0 Å². The molecule has 2 aromatic rings. The number of methoxy groups -OCH3 is 1. The molecule has 186 valence electrons. The number of carboxylic acids is 1. The van der Waals surface area contributed by atoms with E-state index in [1.54, 1.807) is 6.92 Å². The molecule has 0 spiro atoms. The number of hydrogen-bond donors (Lipinski definition) is 3. The zero-order chi connectivity index (χ0) is 25.1. The first-order chi connectivity index (χ1) is 16.8. The zero-order valence-corrected chi connectivity index (χ0v) is 20.1. The number of nitrogens with one attached hydrogen (secondary N) is 2. The van der Waals surface area contributed by atoms with Gasteiger partial charge in [0.25, 0.3) is 0 Å². The van der Waals surface area contributed by atoms with E-state index in [4.69, 9.17) is 9.47 Å². The largest absolute Gasteiger partial charge is 0.481 e. The molecule has 1 unspecified atom stereocenters. The maximum atomic E-state index is 13.3. The first-order valence-electron chi connectivity index (χ1n) is 12.0. The number of benzene rings is 2. The van der Waals surface area contributed by atoms with Gasteiger partial charge in [-0.2, -0.15) is 0 Å². The monoisotopic (exact) mass is 480 g/mol. The summed E-state index contributed by atoms with van der Waals surface area (Å²) in [4.78, 5) is 37.6. The van der Waals surface area contributed by atoms with Crippen molar-refractivity contribution in [2.24, 2.45) is 0 Å². The SMILES string of the molecule is CCC(COC)(NC(=O)OCC1c2ccccc2-c2ccccc21)C(=O)NC1(CC(=O)O)CCC1. The van der Waals surface area contributed by atoms with Crippen molar-refractivity contribution in [3.63, 3.8) is 0 Å². The van der Waals surface area contributed by atoms with Crippen LogP contribution in [-0.2, 0) is 19.1 Å². The Bertz CT molecular complexity index is 1070. The summed E-state index contributed by atoms with van der Waals surface area (Å²) >= 11 is 0. The van der Waals surface area contributed by atoms with Crippen LogP contribution in [0, 0.1) is 0 Å². The molecule has 0 bridgehead atoms. The van der Waals surface area contributed by atoms with Gasteiger partial charge < -0.3 is 25.2 Å². The Kier molecular flexibility index (Phi) is 7.12. The van der Waals surface area contributed by atoms with Crippen molar-refractivity contribution in [1.29, 1.82) is 0 Å². The predicted octanol–water partition coefficient (Wildman–Crippen LogP) is 3.83. The fourth-order valence-corrected chi connectivity index (χ4v) is 5.19. The van der Waals surface area contributed by atoms with E-state index in [1.807, 2.05) is 36.4 Å². The Morgan fingerprint density at radius 3 is 2.14 bits per heavy atom. The molecule has 3 N–H and O–H groups in total. The molecule has 0 heterocycles. The summed E-state index contributed by atoms with van der Waals surface area (Å²) < 4.78 is 10.9. The Labute approximate surface area is 205 Å². The van der Waals surface area contributed by atoms with Gasteiger partial charge in [-0.15, -0.1) is 0 Å². The fraction of sp³-hybridized carbons (Fsp3) is 0.444. The standard InChI is InChI=1S/C27H32N2O6/c1-3-27(17-34-2,24(32)28-26(13-8-14-26)15-23(30)31)29-25(33)35-16-22-20-11-6-4-9-18(20)19-10-5-7-12-21(19)22/h4-7,9-12,22H,3,8,13-17H2,1-2H3,(H,28,32)(H,29,33)(H,30,31). The highest BCUT2D eigenvalue weighted by Gasteiger charge is 2.46. The summed E-state index contributed by atoms with van der Waals surface area (Å²) in [6, 6.07) is 16.1. The molecular formula is C27H32N2O6. The molecule has 1 atom stereocenters. The van der Waals surface area contributed by atoms with Crippen molar-refractivity contribution >= 4 is 18.0 Å². The summed E-state index contributed by atoms with van der Waals surface area (Å²) in [5, 5.41) is 14.9. The molecule has 4 rings (SSSR count). The van der Waals surface area contributed by atoms with Crippen LogP contribution in [0.25, 0.3) is 11.1 Å². The van der Waals surface area contributed by atoms with Crippen LogP contribution in [0.15, 0.2) is 48.5 Å². The van der Waals surface area contributed by atoms with Crippen molar-refractivity contribution in [3.05, 3.63) is 59.7 Å². The van der Waals surface area contributed by atoms with E-state index in [9.17, 15) is 19.5 Å². The van der Waals surface area contributed by atoms with Crippen LogP contribution in [-0.4, -0.2) is 54.5 Å². The summed E-state index contributed by atoms with van der Waals surface area (Å²) in [6.07, 6.45) is 1.39. The third kappa shape index (κ3) is 4.89. The van der Waals surface area contributed by atoms with Gasteiger partial charge in [0.05, 0.1) is 18.6 Å². The molecule has 2 aromatic carbocycles.